The second kappa shape index (κ2) is 6.20. The zero-order valence-electron chi connectivity index (χ0n) is 10.2. The van der Waals surface area contributed by atoms with Gasteiger partial charge in [0.05, 0.1) is 21.3 Å². The Kier molecular flexibility index (Phi) is 6.20. The molecule has 0 saturated heterocycles. The Balaban J connectivity index is 6.79. The lowest BCUT2D eigenvalue weighted by Gasteiger charge is -2.27. The van der Waals surface area contributed by atoms with Gasteiger partial charge in [-0.25, -0.2) is 0 Å². The molecule has 0 amide bonds. The fraction of sp³-hybridized carbons (Fsp3) is 1.00. The van der Waals surface area contributed by atoms with Gasteiger partial charge in [0.25, 0.3) is 0 Å². The largest absolute Gasteiger partial charge is 0.347 e. The highest BCUT2D eigenvalue weighted by Gasteiger charge is 2.67. The van der Waals surface area contributed by atoms with Gasteiger partial charge in [-0.2, -0.15) is 25.3 Å². The van der Waals surface area contributed by atoms with E-state index in [2.05, 4.69) is 12.5 Å². The van der Waals surface area contributed by atoms with Crippen LogP contribution in [0.5, 0.6) is 0 Å². The lowest BCUT2D eigenvalue weighted by Crippen LogP contribution is -2.54. The highest BCUT2D eigenvalue weighted by atomic mass is 35.5. The summed E-state index contributed by atoms with van der Waals surface area (Å²) < 4.78 is 79.5. The van der Waals surface area contributed by atoms with E-state index in [4.69, 9.17) is 11.6 Å². The van der Waals surface area contributed by atoms with Crippen LogP contribution in [0.15, 0.2) is 0 Å². The predicted molar refractivity (Wildman–Crippen MR) is 65.9 cm³/mol. The molecule has 0 fully saturated rings. The van der Waals surface area contributed by atoms with Gasteiger partial charge in [-0.05, 0) is 0 Å². The molecule has 13 heteroatoms. The molecule has 9 nitrogen and oxygen atoms in total. The fourth-order valence-electron chi connectivity index (χ4n) is 1.25. The molecule has 116 valence electrons. The second-order valence-corrected chi connectivity index (χ2v) is 9.95. The van der Waals surface area contributed by atoms with Gasteiger partial charge in [0.2, 0.25) is 0 Å². The van der Waals surface area contributed by atoms with Crippen molar-refractivity contribution in [3.8, 4) is 0 Å². The highest BCUT2D eigenvalue weighted by Crippen LogP contribution is 2.37. The van der Waals surface area contributed by atoms with E-state index in [-0.39, 0.29) is 0 Å². The lowest BCUT2D eigenvalue weighted by atomic mass is 10.6. The van der Waals surface area contributed by atoms with Gasteiger partial charge in [-0.1, -0.05) is 0 Å². The molecule has 0 unspecified atom stereocenters. The first kappa shape index (κ1) is 19.0. The zero-order chi connectivity index (χ0) is 15.5. The van der Waals surface area contributed by atoms with Crippen LogP contribution in [0.4, 0.5) is 0 Å². The van der Waals surface area contributed by atoms with Crippen molar-refractivity contribution in [2.45, 2.75) is 9.83 Å². The third kappa shape index (κ3) is 2.89. The summed E-state index contributed by atoms with van der Waals surface area (Å²) in [6.45, 7) is 0. The van der Waals surface area contributed by atoms with E-state index in [1.807, 2.05) is 0 Å². The zero-order valence-corrected chi connectivity index (χ0v) is 13.4. The van der Waals surface area contributed by atoms with Gasteiger partial charge in [0.15, 0.2) is 0 Å². The van der Waals surface area contributed by atoms with E-state index in [9.17, 15) is 25.3 Å². The van der Waals surface area contributed by atoms with Crippen LogP contribution in [0.25, 0.3) is 0 Å². The number of hydrogen-bond donors (Lipinski definition) is 0. The van der Waals surface area contributed by atoms with E-state index >= 15 is 0 Å². The van der Waals surface area contributed by atoms with E-state index in [0.29, 0.717) is 21.3 Å². The highest BCUT2D eigenvalue weighted by molar-refractivity contribution is 8.21. The number of hydrogen-bond acceptors (Lipinski definition) is 9. The molecular weight excluding hydrogens is 348 g/mol. The maximum Gasteiger partial charge on any atom is 0.347 e. The summed E-state index contributed by atoms with van der Waals surface area (Å²) >= 11 is 5.31. The van der Waals surface area contributed by atoms with Gasteiger partial charge < -0.3 is 0 Å². The molecule has 0 aromatic rings. The summed E-state index contributed by atoms with van der Waals surface area (Å²) in [5.41, 5.74) is 0. The molecule has 0 radical (unpaired) electrons. The smallest absolute Gasteiger partial charge is 0.271 e. The fourth-order valence-corrected chi connectivity index (χ4v) is 7.91. The van der Waals surface area contributed by atoms with Crippen molar-refractivity contribution in [1.82, 2.24) is 0 Å². The number of halogens is 1. The van der Waals surface area contributed by atoms with Crippen molar-refractivity contribution in [1.29, 1.82) is 0 Å². The molecule has 0 N–H and O–H groups in total. The Labute approximate surface area is 117 Å². The minimum atomic E-state index is -5.13. The molecule has 0 aliphatic carbocycles. The average Bonchev–Trinajstić information content (AvgIpc) is 2.34. The summed E-state index contributed by atoms with van der Waals surface area (Å²) in [6.07, 6.45) is -1.03. The Morgan fingerprint density at radius 2 is 1.05 bits per heavy atom. The van der Waals surface area contributed by atoms with Crippen LogP contribution < -0.4 is 0 Å². The van der Waals surface area contributed by atoms with Crippen molar-refractivity contribution in [3.63, 3.8) is 0 Å². The van der Waals surface area contributed by atoms with Crippen molar-refractivity contribution in [2.24, 2.45) is 0 Å². The molecule has 0 heterocycles. The third-order valence-electron chi connectivity index (χ3n) is 2.20. The molecule has 19 heavy (non-hydrogen) atoms. The normalized spacial score (nSPS) is 14.5. The molecule has 0 saturated carbocycles. The number of rotatable bonds is 8. The molecule has 0 aromatic heterocycles. The summed E-state index contributed by atoms with van der Waals surface area (Å²) in [6, 6.07) is 0. The molecule has 0 spiro atoms. The maximum absolute atomic E-state index is 11.8. The molecular formula is C6H13ClO9S3. The summed E-state index contributed by atoms with van der Waals surface area (Å²) in [7, 11) is -13.6. The van der Waals surface area contributed by atoms with Gasteiger partial charge in [-0.3, -0.25) is 12.5 Å². The molecule has 0 bridgehead atoms. The molecule has 0 aliphatic heterocycles. The Morgan fingerprint density at radius 3 is 1.21 bits per heavy atom. The van der Waals surface area contributed by atoms with Crippen LogP contribution in [0.2, 0.25) is 0 Å². The number of alkyl halides is 1. The van der Waals surface area contributed by atoms with Gasteiger partial charge >= 0.3 is 33.8 Å². The van der Waals surface area contributed by atoms with Gasteiger partial charge in [-0.15, -0.1) is 11.6 Å². The first-order chi connectivity index (χ1) is 8.49. The Hall–Kier alpha value is 0.0200. The average molecular weight is 361 g/mol. The van der Waals surface area contributed by atoms with Crippen molar-refractivity contribution in [2.75, 3.05) is 27.2 Å². The van der Waals surface area contributed by atoms with Gasteiger partial charge in [0.1, 0.15) is 0 Å². The third-order valence-corrected chi connectivity index (χ3v) is 10.3. The Morgan fingerprint density at radius 1 is 0.789 bits per heavy atom. The van der Waals surface area contributed by atoms with Gasteiger partial charge in [0, 0.05) is 12.3 Å². The Bertz CT molecular complexity index is 519. The lowest BCUT2D eigenvalue weighted by molar-refractivity contribution is 0.346. The monoisotopic (exact) mass is 360 g/mol. The van der Waals surface area contributed by atoms with E-state index in [0.717, 1.165) is 0 Å². The quantitative estimate of drug-likeness (QED) is 0.403. The minimum absolute atomic E-state index is 0.606. The summed E-state index contributed by atoms with van der Waals surface area (Å²) in [4.78, 5) is 0. The molecule has 0 atom stereocenters. The van der Waals surface area contributed by atoms with Crippen LogP contribution >= 0.6 is 11.6 Å². The molecule has 0 rings (SSSR count). The molecule has 0 aromatic carbocycles. The van der Waals surface area contributed by atoms with Crippen molar-refractivity contribution in [3.05, 3.63) is 0 Å². The van der Waals surface area contributed by atoms with E-state index in [1.165, 1.54) is 0 Å². The minimum Gasteiger partial charge on any atom is -0.271 e. The standard InChI is InChI=1S/C6H13ClO9S3/c1-14-17(8,9)6(4-5-7,18(10,11)15-2)19(12,13)16-3/h4-5H2,1-3H3. The SMILES string of the molecule is COS(=O)(=O)C(CCCl)(S(=O)(=O)OC)S(=O)(=O)OC. The topological polar surface area (TPSA) is 130 Å². The predicted octanol–water partition coefficient (Wildman–Crippen LogP) is -0.802. The van der Waals surface area contributed by atoms with Crippen molar-refractivity contribution >= 4 is 42.0 Å². The second-order valence-electron chi connectivity index (χ2n) is 2.98. The molecule has 0 aliphatic rings. The van der Waals surface area contributed by atoms with Crippen LogP contribution in [0.3, 0.4) is 0 Å². The van der Waals surface area contributed by atoms with Crippen LogP contribution in [-0.2, 0) is 42.9 Å². The van der Waals surface area contributed by atoms with Crippen LogP contribution in [0.1, 0.15) is 6.42 Å². The van der Waals surface area contributed by atoms with Crippen LogP contribution in [-0.4, -0.2) is 55.9 Å². The maximum atomic E-state index is 11.8. The van der Waals surface area contributed by atoms with Crippen molar-refractivity contribution < 1.29 is 37.8 Å². The van der Waals surface area contributed by atoms with E-state index < -0.39 is 46.1 Å². The first-order valence-corrected chi connectivity index (χ1v) is 9.22. The van der Waals surface area contributed by atoms with E-state index in [1.54, 1.807) is 0 Å². The first-order valence-electron chi connectivity index (χ1n) is 4.46. The summed E-state index contributed by atoms with van der Waals surface area (Å²) in [5, 5.41) is 0. The van der Waals surface area contributed by atoms with Crippen LogP contribution in [0, 0.1) is 0 Å². The summed E-state index contributed by atoms with van der Waals surface area (Å²) in [5.74, 6) is -0.617.